The molecular weight excluding hydrogens is 344 g/mol. The average molecular weight is 372 g/mol. The molecule has 1 amide bonds. The van der Waals surface area contributed by atoms with Crippen molar-refractivity contribution in [1.82, 2.24) is 14.7 Å². The lowest BCUT2D eigenvalue weighted by Gasteiger charge is -2.42. The first-order valence-electron chi connectivity index (χ1n) is 9.13. The van der Waals surface area contributed by atoms with Gasteiger partial charge in [0.2, 0.25) is 0 Å². The van der Waals surface area contributed by atoms with Crippen molar-refractivity contribution in [3.63, 3.8) is 0 Å². The summed E-state index contributed by atoms with van der Waals surface area (Å²) in [5.41, 5.74) is 7.64. The van der Waals surface area contributed by atoms with E-state index in [0.29, 0.717) is 36.8 Å². The van der Waals surface area contributed by atoms with Gasteiger partial charge in [-0.05, 0) is 30.0 Å². The third kappa shape index (κ3) is 4.24. The number of aromatic nitrogens is 2. The van der Waals surface area contributed by atoms with E-state index in [2.05, 4.69) is 18.9 Å². The van der Waals surface area contributed by atoms with Gasteiger partial charge in [-0.15, -0.1) is 0 Å². The molecule has 1 aliphatic heterocycles. The fraction of sp³-hybridized carbons (Fsp3) is 0.500. The zero-order chi connectivity index (χ0) is 19.6. The minimum Gasteiger partial charge on any atom is -0.493 e. The highest BCUT2D eigenvalue weighted by Crippen LogP contribution is 2.32. The van der Waals surface area contributed by atoms with Crippen LogP contribution in [0.5, 0.6) is 11.5 Å². The maximum Gasteiger partial charge on any atom is 0.254 e. The Labute approximate surface area is 160 Å². The molecule has 1 atom stereocenters. The molecule has 1 fully saturated rings. The summed E-state index contributed by atoms with van der Waals surface area (Å²) in [5.74, 6) is 1.13. The average Bonchev–Trinajstić information content (AvgIpc) is 3.06. The van der Waals surface area contributed by atoms with Gasteiger partial charge in [0.1, 0.15) is 6.61 Å². The minimum absolute atomic E-state index is 0.00733. The number of nitrogens with two attached hydrogens (primary N) is 1. The highest BCUT2D eigenvalue weighted by Gasteiger charge is 2.35. The van der Waals surface area contributed by atoms with Crippen molar-refractivity contribution in [2.24, 2.45) is 18.2 Å². The first kappa shape index (κ1) is 19.2. The second kappa shape index (κ2) is 7.60. The molecule has 0 bridgehead atoms. The molecule has 1 aromatic heterocycles. The maximum absolute atomic E-state index is 12.9. The van der Waals surface area contributed by atoms with Crippen molar-refractivity contribution in [2.75, 3.05) is 20.2 Å². The van der Waals surface area contributed by atoms with Crippen molar-refractivity contribution in [3.8, 4) is 11.5 Å². The maximum atomic E-state index is 12.9. The van der Waals surface area contributed by atoms with Gasteiger partial charge in [0, 0.05) is 43.5 Å². The Morgan fingerprint density at radius 1 is 1.37 bits per heavy atom. The minimum atomic E-state index is -0.0925. The van der Waals surface area contributed by atoms with Crippen molar-refractivity contribution < 1.29 is 14.3 Å². The Morgan fingerprint density at radius 3 is 2.78 bits per heavy atom. The summed E-state index contributed by atoms with van der Waals surface area (Å²) in [5, 5.41) is 4.12. The van der Waals surface area contributed by atoms with Crippen molar-refractivity contribution in [1.29, 1.82) is 0 Å². The quantitative estimate of drug-likeness (QED) is 0.870. The highest BCUT2D eigenvalue weighted by molar-refractivity contribution is 5.95. The third-order valence-electron chi connectivity index (χ3n) is 5.16. The van der Waals surface area contributed by atoms with E-state index >= 15 is 0 Å². The van der Waals surface area contributed by atoms with Crippen LogP contribution in [0.2, 0.25) is 0 Å². The number of hydrogen-bond acceptors (Lipinski definition) is 5. The van der Waals surface area contributed by atoms with E-state index < -0.39 is 0 Å². The number of likely N-dealkylation sites (tertiary alicyclic amines) is 1. The molecule has 2 aromatic rings. The summed E-state index contributed by atoms with van der Waals surface area (Å²) >= 11 is 0. The Kier molecular flexibility index (Phi) is 5.41. The van der Waals surface area contributed by atoms with Gasteiger partial charge in [0.15, 0.2) is 11.5 Å². The second-order valence-electron chi connectivity index (χ2n) is 7.79. The van der Waals surface area contributed by atoms with Crippen LogP contribution in [0.4, 0.5) is 0 Å². The molecule has 1 unspecified atom stereocenters. The molecule has 1 aromatic carbocycles. The molecule has 2 heterocycles. The predicted octanol–water partition coefficient (Wildman–Crippen LogP) is 2.21. The van der Waals surface area contributed by atoms with Gasteiger partial charge >= 0.3 is 0 Å². The normalized spacial score (nSPS) is 19.0. The summed E-state index contributed by atoms with van der Waals surface area (Å²) in [6.07, 6.45) is 4.46. The van der Waals surface area contributed by atoms with Crippen molar-refractivity contribution in [2.45, 2.75) is 32.9 Å². The van der Waals surface area contributed by atoms with E-state index in [4.69, 9.17) is 15.2 Å². The zero-order valence-corrected chi connectivity index (χ0v) is 16.4. The van der Waals surface area contributed by atoms with Crippen LogP contribution in [0.25, 0.3) is 0 Å². The first-order valence-corrected chi connectivity index (χ1v) is 9.13. The lowest BCUT2D eigenvalue weighted by molar-refractivity contribution is 0.0532. The lowest BCUT2D eigenvalue weighted by atomic mass is 9.79. The molecular formula is C20H28N4O3. The second-order valence-corrected chi connectivity index (χ2v) is 7.79. The van der Waals surface area contributed by atoms with Crippen molar-refractivity contribution in [3.05, 3.63) is 41.7 Å². The number of methoxy groups -OCH3 is 1. The van der Waals surface area contributed by atoms with Crippen LogP contribution in [-0.4, -0.2) is 46.8 Å². The molecule has 0 aliphatic carbocycles. The summed E-state index contributed by atoms with van der Waals surface area (Å²) in [4.78, 5) is 14.8. The van der Waals surface area contributed by atoms with Crippen LogP contribution in [0, 0.1) is 5.41 Å². The Balaban J connectivity index is 1.72. The molecule has 0 saturated carbocycles. The van der Waals surface area contributed by atoms with Crippen LogP contribution in [0.3, 0.4) is 0 Å². The standard InChI is InChI=1S/C20H28N4O3/c1-20(2)13-24(8-7-18(20)21)19(25)15-5-6-16(17(9-15)26-4)27-12-14-10-22-23(3)11-14/h5-6,9-11,18H,7-8,12-13,21H2,1-4H3. The molecule has 7 nitrogen and oxygen atoms in total. The summed E-state index contributed by atoms with van der Waals surface area (Å²) < 4.78 is 13.0. The van der Waals surface area contributed by atoms with Crippen LogP contribution in [-0.2, 0) is 13.7 Å². The Hall–Kier alpha value is -2.54. The monoisotopic (exact) mass is 372 g/mol. The lowest BCUT2D eigenvalue weighted by Crippen LogP contribution is -2.53. The first-order chi connectivity index (χ1) is 12.8. The van der Waals surface area contributed by atoms with Crippen LogP contribution in [0.1, 0.15) is 36.2 Å². The van der Waals surface area contributed by atoms with Gasteiger partial charge in [-0.2, -0.15) is 5.10 Å². The van der Waals surface area contributed by atoms with Gasteiger partial charge in [-0.25, -0.2) is 0 Å². The van der Waals surface area contributed by atoms with Gasteiger partial charge in [0.05, 0.1) is 13.3 Å². The predicted molar refractivity (Wildman–Crippen MR) is 103 cm³/mol. The molecule has 1 aliphatic rings. The molecule has 0 radical (unpaired) electrons. The van der Waals surface area contributed by atoms with Gasteiger partial charge < -0.3 is 20.1 Å². The molecule has 27 heavy (non-hydrogen) atoms. The fourth-order valence-electron chi connectivity index (χ4n) is 3.36. The van der Waals surface area contributed by atoms with E-state index in [1.165, 1.54) is 0 Å². The van der Waals surface area contributed by atoms with Gasteiger partial charge in [-0.3, -0.25) is 9.48 Å². The van der Waals surface area contributed by atoms with E-state index in [9.17, 15) is 4.79 Å². The van der Waals surface area contributed by atoms with Crippen LogP contribution >= 0.6 is 0 Å². The van der Waals surface area contributed by atoms with E-state index in [-0.39, 0.29) is 17.4 Å². The Bertz CT molecular complexity index is 815. The third-order valence-corrected chi connectivity index (χ3v) is 5.16. The number of nitrogens with zero attached hydrogens (tertiary/aromatic N) is 3. The summed E-state index contributed by atoms with van der Waals surface area (Å²) in [6.45, 7) is 5.91. The van der Waals surface area contributed by atoms with Crippen molar-refractivity contribution >= 4 is 5.91 Å². The molecule has 146 valence electrons. The largest absolute Gasteiger partial charge is 0.493 e. The number of carbonyl (C=O) groups is 1. The number of amides is 1. The zero-order valence-electron chi connectivity index (χ0n) is 16.4. The summed E-state index contributed by atoms with van der Waals surface area (Å²) in [7, 11) is 3.43. The topological polar surface area (TPSA) is 82.6 Å². The number of aryl methyl sites for hydroxylation is 1. The van der Waals surface area contributed by atoms with Gasteiger partial charge in [0.25, 0.3) is 5.91 Å². The van der Waals surface area contributed by atoms with E-state index in [1.807, 2.05) is 18.1 Å². The van der Waals surface area contributed by atoms with Crippen LogP contribution < -0.4 is 15.2 Å². The molecule has 7 heteroatoms. The van der Waals surface area contributed by atoms with Gasteiger partial charge in [-0.1, -0.05) is 13.8 Å². The number of piperidine rings is 1. The smallest absolute Gasteiger partial charge is 0.254 e. The van der Waals surface area contributed by atoms with E-state index in [1.54, 1.807) is 36.2 Å². The molecule has 2 N–H and O–H groups in total. The Morgan fingerprint density at radius 2 is 2.15 bits per heavy atom. The number of ether oxygens (including phenoxy) is 2. The molecule has 0 spiro atoms. The molecule has 3 rings (SSSR count). The summed E-state index contributed by atoms with van der Waals surface area (Å²) in [6, 6.07) is 5.41. The number of carbonyl (C=O) groups excluding carboxylic acids is 1. The number of rotatable bonds is 5. The van der Waals surface area contributed by atoms with Crippen LogP contribution in [0.15, 0.2) is 30.6 Å². The van der Waals surface area contributed by atoms with E-state index in [0.717, 1.165) is 12.0 Å². The molecule has 1 saturated heterocycles. The number of benzene rings is 1. The highest BCUT2D eigenvalue weighted by atomic mass is 16.5. The fourth-order valence-corrected chi connectivity index (χ4v) is 3.36. The SMILES string of the molecule is COc1cc(C(=O)N2CCC(N)C(C)(C)C2)ccc1OCc1cnn(C)c1. The number of hydrogen-bond donors (Lipinski definition) is 1.